The van der Waals surface area contributed by atoms with Gasteiger partial charge in [-0.3, -0.25) is 4.68 Å². The summed E-state index contributed by atoms with van der Waals surface area (Å²) in [6.07, 6.45) is 14.3. The standard InChI is InChI=1S/C22H28N4O2.ClH/c1-3-28-22-11-17(9-10-21(22)27-2)14-25-16-23-13-20(25)18-12-24-26(15-18)19-7-5-4-6-8-19;/h9-13,15-16,19H,3-8,14H2,1-2H3;1H. The van der Waals surface area contributed by atoms with Gasteiger partial charge in [0.15, 0.2) is 11.5 Å². The van der Waals surface area contributed by atoms with E-state index in [0.29, 0.717) is 19.2 Å². The molecule has 6 nitrogen and oxygen atoms in total. The van der Waals surface area contributed by atoms with E-state index in [9.17, 15) is 0 Å². The topological polar surface area (TPSA) is 54.1 Å². The molecule has 2 heterocycles. The average molecular weight is 417 g/mol. The fourth-order valence-electron chi connectivity index (χ4n) is 3.99. The molecular formula is C22H29ClN4O2. The molecule has 1 fully saturated rings. The first kappa shape index (κ1) is 21.2. The number of halogens is 1. The lowest BCUT2D eigenvalue weighted by Gasteiger charge is -2.21. The van der Waals surface area contributed by atoms with Crippen LogP contribution in [-0.4, -0.2) is 33.0 Å². The van der Waals surface area contributed by atoms with E-state index in [1.807, 2.05) is 37.8 Å². The van der Waals surface area contributed by atoms with Crippen LogP contribution in [0.5, 0.6) is 11.5 Å². The van der Waals surface area contributed by atoms with Gasteiger partial charge in [-0.2, -0.15) is 5.10 Å². The number of hydrogen-bond donors (Lipinski definition) is 0. The molecular weight excluding hydrogens is 388 g/mol. The molecule has 0 aliphatic heterocycles. The highest BCUT2D eigenvalue weighted by Gasteiger charge is 2.17. The molecule has 1 aromatic carbocycles. The van der Waals surface area contributed by atoms with E-state index in [0.717, 1.165) is 28.3 Å². The lowest BCUT2D eigenvalue weighted by Crippen LogP contribution is -2.12. The van der Waals surface area contributed by atoms with Crippen LogP contribution in [0.2, 0.25) is 0 Å². The molecule has 0 radical (unpaired) electrons. The van der Waals surface area contributed by atoms with Crippen molar-refractivity contribution in [3.8, 4) is 22.8 Å². The van der Waals surface area contributed by atoms with E-state index in [1.54, 1.807) is 7.11 Å². The molecule has 29 heavy (non-hydrogen) atoms. The van der Waals surface area contributed by atoms with Gasteiger partial charge in [0.1, 0.15) is 0 Å². The van der Waals surface area contributed by atoms with Gasteiger partial charge in [0.05, 0.1) is 44.2 Å². The van der Waals surface area contributed by atoms with Crippen molar-refractivity contribution >= 4 is 12.4 Å². The molecule has 0 spiro atoms. The summed E-state index contributed by atoms with van der Waals surface area (Å²) < 4.78 is 15.4. The molecule has 156 valence electrons. The Balaban J connectivity index is 0.00000240. The molecule has 7 heteroatoms. The van der Waals surface area contributed by atoms with Gasteiger partial charge in [-0.05, 0) is 37.5 Å². The molecule has 0 saturated heterocycles. The monoisotopic (exact) mass is 416 g/mol. The van der Waals surface area contributed by atoms with E-state index in [2.05, 4.69) is 31.6 Å². The summed E-state index contributed by atoms with van der Waals surface area (Å²) >= 11 is 0. The van der Waals surface area contributed by atoms with Gasteiger partial charge in [-0.15, -0.1) is 12.4 Å². The molecule has 0 bridgehead atoms. The van der Waals surface area contributed by atoms with Crippen LogP contribution in [0.25, 0.3) is 11.3 Å². The maximum Gasteiger partial charge on any atom is 0.161 e. The molecule has 0 N–H and O–H groups in total. The van der Waals surface area contributed by atoms with Gasteiger partial charge in [0, 0.05) is 18.3 Å². The fraction of sp³-hybridized carbons (Fsp3) is 0.455. The van der Waals surface area contributed by atoms with Gasteiger partial charge in [-0.1, -0.05) is 25.3 Å². The number of rotatable bonds is 7. The highest BCUT2D eigenvalue weighted by molar-refractivity contribution is 5.85. The second-order valence-electron chi connectivity index (χ2n) is 7.33. The zero-order chi connectivity index (χ0) is 19.3. The van der Waals surface area contributed by atoms with Gasteiger partial charge >= 0.3 is 0 Å². The molecule has 2 aromatic heterocycles. The van der Waals surface area contributed by atoms with Crippen LogP contribution in [0.3, 0.4) is 0 Å². The summed E-state index contributed by atoms with van der Waals surface area (Å²) in [4.78, 5) is 4.38. The van der Waals surface area contributed by atoms with Crippen molar-refractivity contribution in [2.75, 3.05) is 13.7 Å². The van der Waals surface area contributed by atoms with E-state index >= 15 is 0 Å². The maximum atomic E-state index is 5.71. The van der Waals surface area contributed by atoms with Crippen molar-refractivity contribution in [1.82, 2.24) is 19.3 Å². The minimum absolute atomic E-state index is 0. The SMILES string of the molecule is CCOc1cc(Cn2cncc2-c2cnn(C3CCCCC3)c2)ccc1OC.Cl. The molecule has 0 amide bonds. The van der Waals surface area contributed by atoms with Gasteiger partial charge in [-0.25, -0.2) is 4.98 Å². The molecule has 0 unspecified atom stereocenters. The molecule has 1 aliphatic rings. The second kappa shape index (κ2) is 9.83. The first-order valence-corrected chi connectivity index (χ1v) is 10.1. The fourth-order valence-corrected chi connectivity index (χ4v) is 3.99. The van der Waals surface area contributed by atoms with Crippen LogP contribution in [0.1, 0.15) is 50.6 Å². The zero-order valence-electron chi connectivity index (χ0n) is 17.1. The van der Waals surface area contributed by atoms with Crippen LogP contribution < -0.4 is 9.47 Å². The van der Waals surface area contributed by atoms with Crippen molar-refractivity contribution in [3.05, 3.63) is 48.7 Å². The number of aromatic nitrogens is 4. The lowest BCUT2D eigenvalue weighted by atomic mass is 9.96. The first-order chi connectivity index (χ1) is 13.8. The third-order valence-corrected chi connectivity index (χ3v) is 5.44. The van der Waals surface area contributed by atoms with Crippen LogP contribution in [0.4, 0.5) is 0 Å². The number of hydrogen-bond acceptors (Lipinski definition) is 4. The third kappa shape index (κ3) is 4.75. The summed E-state index contributed by atoms with van der Waals surface area (Å²) in [6.45, 7) is 3.30. The van der Waals surface area contributed by atoms with Crippen molar-refractivity contribution in [3.63, 3.8) is 0 Å². The number of methoxy groups -OCH3 is 1. The predicted octanol–water partition coefficient (Wildman–Crippen LogP) is 5.13. The zero-order valence-corrected chi connectivity index (χ0v) is 17.9. The highest BCUT2D eigenvalue weighted by Crippen LogP contribution is 2.31. The van der Waals surface area contributed by atoms with Crippen LogP contribution in [-0.2, 0) is 6.54 Å². The van der Waals surface area contributed by atoms with Crippen LogP contribution >= 0.6 is 12.4 Å². The Morgan fingerprint density at radius 2 is 1.93 bits per heavy atom. The Bertz CT molecular complexity index is 915. The normalized spacial score (nSPS) is 14.4. The molecule has 1 aliphatic carbocycles. The van der Waals surface area contributed by atoms with Crippen molar-refractivity contribution < 1.29 is 9.47 Å². The van der Waals surface area contributed by atoms with E-state index in [4.69, 9.17) is 9.47 Å². The summed E-state index contributed by atoms with van der Waals surface area (Å²) in [6, 6.07) is 6.60. The smallest absolute Gasteiger partial charge is 0.161 e. The largest absolute Gasteiger partial charge is 0.493 e. The Kier molecular flexibility index (Phi) is 7.20. The van der Waals surface area contributed by atoms with E-state index < -0.39 is 0 Å². The Morgan fingerprint density at radius 1 is 1.10 bits per heavy atom. The van der Waals surface area contributed by atoms with Gasteiger partial charge in [0.2, 0.25) is 0 Å². The highest BCUT2D eigenvalue weighted by atomic mass is 35.5. The summed E-state index contributed by atoms with van der Waals surface area (Å²) in [5.74, 6) is 1.53. The number of ether oxygens (including phenoxy) is 2. The van der Waals surface area contributed by atoms with Crippen molar-refractivity contribution in [2.24, 2.45) is 0 Å². The Labute approximate surface area is 178 Å². The average Bonchev–Trinajstić information content (AvgIpc) is 3.38. The number of benzene rings is 1. The van der Waals surface area contributed by atoms with Crippen molar-refractivity contribution in [1.29, 1.82) is 0 Å². The molecule has 4 rings (SSSR count). The third-order valence-electron chi connectivity index (χ3n) is 5.44. The first-order valence-electron chi connectivity index (χ1n) is 10.1. The van der Waals surface area contributed by atoms with Crippen LogP contribution in [0.15, 0.2) is 43.1 Å². The van der Waals surface area contributed by atoms with Crippen molar-refractivity contribution in [2.45, 2.75) is 51.6 Å². The predicted molar refractivity (Wildman–Crippen MR) is 116 cm³/mol. The Morgan fingerprint density at radius 3 is 2.69 bits per heavy atom. The number of nitrogens with zero attached hydrogens (tertiary/aromatic N) is 4. The second-order valence-corrected chi connectivity index (χ2v) is 7.33. The Hall–Kier alpha value is -2.47. The van der Waals surface area contributed by atoms with E-state index in [-0.39, 0.29) is 12.4 Å². The summed E-state index contributed by atoms with van der Waals surface area (Å²) in [7, 11) is 1.66. The quantitative estimate of drug-likeness (QED) is 0.535. The molecule has 3 aromatic rings. The minimum Gasteiger partial charge on any atom is -0.493 e. The van der Waals surface area contributed by atoms with Gasteiger partial charge in [0.25, 0.3) is 0 Å². The summed E-state index contributed by atoms with van der Waals surface area (Å²) in [5.41, 5.74) is 3.33. The molecule has 1 saturated carbocycles. The van der Waals surface area contributed by atoms with Gasteiger partial charge < -0.3 is 14.0 Å². The molecule has 0 atom stereocenters. The number of imidazole rings is 1. The minimum atomic E-state index is 0. The van der Waals surface area contributed by atoms with E-state index in [1.165, 1.54) is 32.1 Å². The lowest BCUT2D eigenvalue weighted by molar-refractivity contribution is 0.310. The summed E-state index contributed by atoms with van der Waals surface area (Å²) in [5, 5.41) is 4.64. The maximum absolute atomic E-state index is 5.71. The van der Waals surface area contributed by atoms with Crippen LogP contribution in [0, 0.1) is 0 Å².